The number of sulfone groups is 1. The number of carboxylic acids is 1. The van der Waals surface area contributed by atoms with Crippen LogP contribution in [0, 0.1) is 12.3 Å². The van der Waals surface area contributed by atoms with E-state index in [1.165, 1.54) is 26.0 Å². The van der Waals surface area contributed by atoms with Gasteiger partial charge in [0.05, 0.1) is 10.3 Å². The minimum atomic E-state index is -3.47. The monoisotopic (exact) mass is 286 g/mol. The van der Waals surface area contributed by atoms with Crippen LogP contribution >= 0.6 is 0 Å². The number of benzene rings is 1. The standard InChI is InChI=1S/C13H18O5S/c1-8-5-11(19(4,17)18)9(6-10(8)14)7-13(2,3)12(15)16/h5-6,14H,7H2,1-4H3,(H,15,16). The third-order valence-corrected chi connectivity index (χ3v) is 4.17. The molecule has 0 spiro atoms. The zero-order valence-electron chi connectivity index (χ0n) is 11.4. The van der Waals surface area contributed by atoms with E-state index in [1.54, 1.807) is 6.92 Å². The number of rotatable bonds is 4. The van der Waals surface area contributed by atoms with Crippen molar-refractivity contribution in [2.75, 3.05) is 6.26 Å². The van der Waals surface area contributed by atoms with Gasteiger partial charge in [0.1, 0.15) is 5.75 Å². The van der Waals surface area contributed by atoms with Gasteiger partial charge < -0.3 is 10.2 Å². The summed E-state index contributed by atoms with van der Waals surface area (Å²) in [6.07, 6.45) is 1.09. The van der Waals surface area contributed by atoms with Crippen molar-refractivity contribution in [2.45, 2.75) is 32.1 Å². The van der Waals surface area contributed by atoms with Gasteiger partial charge in [-0.25, -0.2) is 8.42 Å². The lowest BCUT2D eigenvalue weighted by Gasteiger charge is -2.21. The fraction of sp³-hybridized carbons (Fsp3) is 0.462. The Bertz CT molecular complexity index is 614. The van der Waals surface area contributed by atoms with Crippen molar-refractivity contribution in [2.24, 2.45) is 5.41 Å². The summed E-state index contributed by atoms with van der Waals surface area (Å²) in [5, 5.41) is 18.8. The van der Waals surface area contributed by atoms with E-state index in [2.05, 4.69) is 0 Å². The highest BCUT2D eigenvalue weighted by atomic mass is 32.2. The van der Waals surface area contributed by atoms with Gasteiger partial charge in [0.2, 0.25) is 0 Å². The van der Waals surface area contributed by atoms with Gasteiger partial charge in [-0.1, -0.05) is 0 Å². The van der Waals surface area contributed by atoms with Gasteiger partial charge in [-0.05, 0) is 50.5 Å². The molecular formula is C13H18O5S. The summed E-state index contributed by atoms with van der Waals surface area (Å²) >= 11 is 0. The highest BCUT2D eigenvalue weighted by molar-refractivity contribution is 7.90. The Hall–Kier alpha value is -1.56. The normalized spacial score (nSPS) is 12.4. The number of hydrogen-bond donors (Lipinski definition) is 2. The molecule has 0 aliphatic rings. The van der Waals surface area contributed by atoms with E-state index in [-0.39, 0.29) is 17.1 Å². The molecule has 0 heterocycles. The van der Waals surface area contributed by atoms with E-state index >= 15 is 0 Å². The maximum atomic E-state index is 11.7. The lowest BCUT2D eigenvalue weighted by atomic mass is 9.85. The Labute approximate surface area is 112 Å². The Morgan fingerprint density at radius 3 is 2.26 bits per heavy atom. The summed E-state index contributed by atoms with van der Waals surface area (Å²) in [6, 6.07) is 2.70. The van der Waals surface area contributed by atoms with Crippen LogP contribution in [-0.4, -0.2) is 30.9 Å². The summed E-state index contributed by atoms with van der Waals surface area (Å²) in [7, 11) is -3.47. The number of aromatic hydroxyl groups is 1. The number of phenols is 1. The van der Waals surface area contributed by atoms with Crippen molar-refractivity contribution in [1.29, 1.82) is 0 Å². The number of carbonyl (C=O) groups is 1. The average Bonchev–Trinajstić information content (AvgIpc) is 2.20. The molecule has 1 aromatic rings. The molecule has 0 bridgehead atoms. The molecule has 1 aromatic carbocycles. The minimum Gasteiger partial charge on any atom is -0.508 e. The summed E-state index contributed by atoms with van der Waals surface area (Å²) in [4.78, 5) is 11.2. The molecule has 1 rings (SSSR count). The summed E-state index contributed by atoms with van der Waals surface area (Å²) in [6.45, 7) is 4.62. The quantitative estimate of drug-likeness (QED) is 0.880. The fourth-order valence-corrected chi connectivity index (χ4v) is 2.75. The third kappa shape index (κ3) is 3.47. The van der Waals surface area contributed by atoms with E-state index in [1.807, 2.05) is 0 Å². The van der Waals surface area contributed by atoms with Gasteiger partial charge in [-0.15, -0.1) is 0 Å². The molecular weight excluding hydrogens is 268 g/mol. The van der Waals surface area contributed by atoms with Crippen molar-refractivity contribution in [1.82, 2.24) is 0 Å². The third-order valence-electron chi connectivity index (χ3n) is 2.99. The minimum absolute atomic E-state index is 0.0264. The Morgan fingerprint density at radius 2 is 1.84 bits per heavy atom. The second-order valence-electron chi connectivity index (χ2n) is 5.38. The maximum absolute atomic E-state index is 11.7. The smallest absolute Gasteiger partial charge is 0.309 e. The molecule has 0 unspecified atom stereocenters. The molecule has 0 saturated carbocycles. The van der Waals surface area contributed by atoms with Gasteiger partial charge >= 0.3 is 5.97 Å². The molecule has 0 saturated heterocycles. The van der Waals surface area contributed by atoms with E-state index in [0.29, 0.717) is 11.1 Å². The number of aliphatic carboxylic acids is 1. The zero-order chi connectivity index (χ0) is 15.0. The molecule has 19 heavy (non-hydrogen) atoms. The van der Waals surface area contributed by atoms with Crippen molar-refractivity contribution in [3.05, 3.63) is 23.3 Å². The summed E-state index contributed by atoms with van der Waals surface area (Å²) in [5.74, 6) is -1.06. The van der Waals surface area contributed by atoms with Crippen LogP contribution in [0.25, 0.3) is 0 Å². The fourth-order valence-electron chi connectivity index (χ4n) is 1.75. The van der Waals surface area contributed by atoms with Crippen molar-refractivity contribution in [3.8, 4) is 5.75 Å². The lowest BCUT2D eigenvalue weighted by molar-refractivity contribution is -0.146. The maximum Gasteiger partial charge on any atom is 0.309 e. The zero-order valence-corrected chi connectivity index (χ0v) is 12.2. The van der Waals surface area contributed by atoms with Crippen molar-refractivity contribution < 1.29 is 23.4 Å². The molecule has 0 aliphatic carbocycles. The molecule has 0 radical (unpaired) electrons. The SMILES string of the molecule is Cc1cc(S(C)(=O)=O)c(CC(C)(C)C(=O)O)cc1O. The van der Waals surface area contributed by atoms with E-state index in [4.69, 9.17) is 5.11 Å². The van der Waals surface area contributed by atoms with Crippen LogP contribution in [0.2, 0.25) is 0 Å². The largest absolute Gasteiger partial charge is 0.508 e. The van der Waals surface area contributed by atoms with Crippen LogP contribution in [0.5, 0.6) is 5.75 Å². The lowest BCUT2D eigenvalue weighted by Crippen LogP contribution is -2.27. The topological polar surface area (TPSA) is 91.7 Å². The first-order valence-electron chi connectivity index (χ1n) is 5.71. The van der Waals surface area contributed by atoms with Crippen LogP contribution in [0.4, 0.5) is 0 Å². The number of carboxylic acid groups (broad SMARTS) is 1. The van der Waals surface area contributed by atoms with Crippen LogP contribution in [-0.2, 0) is 21.1 Å². The Morgan fingerprint density at radius 1 is 1.32 bits per heavy atom. The number of phenolic OH excluding ortho intramolecular Hbond substituents is 1. The first-order chi connectivity index (χ1) is 8.45. The van der Waals surface area contributed by atoms with Gasteiger partial charge in [-0.3, -0.25) is 4.79 Å². The first-order valence-corrected chi connectivity index (χ1v) is 7.60. The molecule has 106 valence electrons. The second-order valence-corrected chi connectivity index (χ2v) is 7.37. The summed E-state index contributed by atoms with van der Waals surface area (Å²) in [5.41, 5.74) is -0.350. The summed E-state index contributed by atoms with van der Waals surface area (Å²) < 4.78 is 23.5. The highest BCUT2D eigenvalue weighted by Crippen LogP contribution is 2.31. The molecule has 0 aromatic heterocycles. The number of hydrogen-bond acceptors (Lipinski definition) is 4. The molecule has 6 heteroatoms. The molecule has 5 nitrogen and oxygen atoms in total. The molecule has 0 fully saturated rings. The van der Waals surface area contributed by atoms with Crippen LogP contribution < -0.4 is 0 Å². The molecule has 2 N–H and O–H groups in total. The molecule has 0 amide bonds. The number of aryl methyl sites for hydroxylation is 1. The van der Waals surface area contributed by atoms with Crippen LogP contribution in [0.3, 0.4) is 0 Å². The first kappa shape index (κ1) is 15.5. The van der Waals surface area contributed by atoms with Gasteiger partial charge in [0.25, 0.3) is 0 Å². The van der Waals surface area contributed by atoms with Gasteiger partial charge in [0.15, 0.2) is 9.84 Å². The van der Waals surface area contributed by atoms with E-state index < -0.39 is 21.2 Å². The van der Waals surface area contributed by atoms with E-state index in [0.717, 1.165) is 6.26 Å². The van der Waals surface area contributed by atoms with Crippen LogP contribution in [0.1, 0.15) is 25.0 Å². The van der Waals surface area contributed by atoms with Crippen molar-refractivity contribution in [3.63, 3.8) is 0 Å². The van der Waals surface area contributed by atoms with Gasteiger partial charge in [-0.2, -0.15) is 0 Å². The predicted molar refractivity (Wildman–Crippen MR) is 71.1 cm³/mol. The average molecular weight is 286 g/mol. The second kappa shape index (κ2) is 4.85. The van der Waals surface area contributed by atoms with Crippen molar-refractivity contribution >= 4 is 15.8 Å². The van der Waals surface area contributed by atoms with Crippen LogP contribution in [0.15, 0.2) is 17.0 Å². The van der Waals surface area contributed by atoms with E-state index in [9.17, 15) is 18.3 Å². The Balaban J connectivity index is 3.43. The van der Waals surface area contributed by atoms with Gasteiger partial charge in [0, 0.05) is 6.26 Å². The predicted octanol–water partition coefficient (Wildman–Crippen LogP) is 1.76. The molecule has 0 aliphatic heterocycles. The Kier molecular flexibility index (Phi) is 3.95. The molecule has 0 atom stereocenters. The highest BCUT2D eigenvalue weighted by Gasteiger charge is 2.30.